The topological polar surface area (TPSA) is 49.9 Å². The van der Waals surface area contributed by atoms with Crippen LogP contribution in [-0.4, -0.2) is 48.4 Å². The first-order valence-corrected chi connectivity index (χ1v) is 12.3. The van der Waals surface area contributed by atoms with Crippen molar-refractivity contribution in [2.75, 3.05) is 26.7 Å². The molecular weight excluding hydrogens is 432 g/mol. The van der Waals surface area contributed by atoms with Crippen molar-refractivity contribution in [1.29, 1.82) is 0 Å². The second-order valence-electron chi connectivity index (χ2n) is 8.35. The Hall–Kier alpha value is -3.12. The fraction of sp³-hybridized carbons (Fsp3) is 0.333. The van der Waals surface area contributed by atoms with Gasteiger partial charge in [-0.15, -0.1) is 11.3 Å². The summed E-state index contributed by atoms with van der Waals surface area (Å²) in [6.07, 6.45) is 1.63. The predicted octanol–water partition coefficient (Wildman–Crippen LogP) is 5.09. The fourth-order valence-corrected chi connectivity index (χ4v) is 5.41. The number of aryl methyl sites for hydroxylation is 1. The molecule has 1 atom stereocenters. The van der Waals surface area contributed by atoms with E-state index in [9.17, 15) is 9.59 Å². The quantitative estimate of drug-likeness (QED) is 0.491. The van der Waals surface area contributed by atoms with E-state index in [0.29, 0.717) is 24.4 Å². The van der Waals surface area contributed by atoms with E-state index in [1.165, 1.54) is 16.0 Å². The van der Waals surface area contributed by atoms with Gasteiger partial charge in [-0.3, -0.25) is 9.59 Å². The van der Waals surface area contributed by atoms with Crippen LogP contribution in [0.2, 0.25) is 0 Å². The van der Waals surface area contributed by atoms with Crippen LogP contribution in [0.4, 0.5) is 0 Å². The number of benzene rings is 2. The van der Waals surface area contributed by atoms with Crippen LogP contribution in [0, 0.1) is 6.92 Å². The minimum absolute atomic E-state index is 0.0181. The number of carbonyl (C=O) groups is 2. The first kappa shape index (κ1) is 23.1. The summed E-state index contributed by atoms with van der Waals surface area (Å²) in [6.45, 7) is 5.37. The van der Waals surface area contributed by atoms with E-state index in [-0.39, 0.29) is 24.4 Å². The van der Waals surface area contributed by atoms with Crippen molar-refractivity contribution in [1.82, 2.24) is 9.80 Å². The maximum Gasteiger partial charge on any atom is 0.254 e. The summed E-state index contributed by atoms with van der Waals surface area (Å²) in [5.74, 6) is 0.551. The van der Waals surface area contributed by atoms with Crippen LogP contribution in [0.15, 0.2) is 60.0 Å². The highest BCUT2D eigenvalue weighted by Gasteiger charge is 2.34. The van der Waals surface area contributed by atoms with Crippen molar-refractivity contribution in [3.8, 4) is 5.75 Å². The Morgan fingerprint density at radius 2 is 1.85 bits per heavy atom. The predicted molar refractivity (Wildman–Crippen MR) is 132 cm³/mol. The van der Waals surface area contributed by atoms with Crippen molar-refractivity contribution >= 4 is 23.2 Å². The number of methoxy groups -OCH3 is 1. The highest BCUT2D eigenvalue weighted by atomic mass is 32.1. The average molecular weight is 463 g/mol. The Kier molecular flexibility index (Phi) is 7.14. The molecule has 0 radical (unpaired) electrons. The van der Waals surface area contributed by atoms with Gasteiger partial charge < -0.3 is 14.5 Å². The SMILES string of the molecule is CCCN(CC(=O)N1CCc2sccc2C1c1ccccc1C)C(=O)c1ccc(OC)cc1. The molecule has 0 N–H and O–H groups in total. The summed E-state index contributed by atoms with van der Waals surface area (Å²) in [5.41, 5.74) is 4.08. The minimum atomic E-state index is -0.131. The number of ether oxygens (including phenoxy) is 1. The molecular formula is C27H30N2O3S. The van der Waals surface area contributed by atoms with Crippen LogP contribution in [0.1, 0.15) is 51.3 Å². The van der Waals surface area contributed by atoms with Gasteiger partial charge in [0.05, 0.1) is 13.2 Å². The molecule has 2 amide bonds. The Morgan fingerprint density at radius 1 is 1.09 bits per heavy atom. The Bertz CT molecular complexity index is 1120. The van der Waals surface area contributed by atoms with Crippen LogP contribution >= 0.6 is 11.3 Å². The summed E-state index contributed by atoms with van der Waals surface area (Å²) >= 11 is 1.76. The van der Waals surface area contributed by atoms with Gasteiger partial charge >= 0.3 is 0 Å². The standard InChI is InChI=1S/C27H30N2O3S/c1-4-15-28(27(31)20-9-11-21(32-3)12-10-20)18-25(30)29-16-13-24-23(14-17-33-24)26(29)22-8-6-5-7-19(22)2/h5-12,14,17,26H,4,13,15-16,18H2,1-3H3. The molecule has 172 valence electrons. The third kappa shape index (κ3) is 4.81. The molecule has 0 saturated heterocycles. The summed E-state index contributed by atoms with van der Waals surface area (Å²) in [4.78, 5) is 31.9. The normalized spacial score (nSPS) is 15.1. The second kappa shape index (κ2) is 10.2. The number of hydrogen-bond donors (Lipinski definition) is 0. The van der Waals surface area contributed by atoms with Crippen LogP contribution in [-0.2, 0) is 11.2 Å². The molecule has 0 bridgehead atoms. The Balaban J connectivity index is 1.60. The number of rotatable bonds is 7. The first-order valence-electron chi connectivity index (χ1n) is 11.4. The lowest BCUT2D eigenvalue weighted by Crippen LogP contribution is -2.47. The molecule has 2 aromatic carbocycles. The highest BCUT2D eigenvalue weighted by molar-refractivity contribution is 7.10. The van der Waals surface area contributed by atoms with E-state index in [2.05, 4.69) is 30.5 Å². The number of fused-ring (bicyclic) bond motifs is 1. The zero-order chi connectivity index (χ0) is 23.4. The lowest BCUT2D eigenvalue weighted by Gasteiger charge is -2.38. The van der Waals surface area contributed by atoms with E-state index in [4.69, 9.17) is 4.74 Å². The highest BCUT2D eigenvalue weighted by Crippen LogP contribution is 2.39. The van der Waals surface area contributed by atoms with E-state index in [1.54, 1.807) is 47.6 Å². The maximum absolute atomic E-state index is 13.7. The van der Waals surface area contributed by atoms with E-state index < -0.39 is 0 Å². The molecule has 1 aromatic heterocycles. The number of carbonyl (C=O) groups excluding carboxylic acids is 2. The van der Waals surface area contributed by atoms with Crippen molar-refractivity contribution in [2.45, 2.75) is 32.7 Å². The van der Waals surface area contributed by atoms with Gasteiger partial charge in [-0.1, -0.05) is 31.2 Å². The third-order valence-corrected chi connectivity index (χ3v) is 7.21. The van der Waals surface area contributed by atoms with E-state index >= 15 is 0 Å². The molecule has 1 aliphatic rings. The zero-order valence-corrected chi connectivity index (χ0v) is 20.2. The smallest absolute Gasteiger partial charge is 0.254 e. The minimum Gasteiger partial charge on any atom is -0.497 e. The van der Waals surface area contributed by atoms with Crippen molar-refractivity contribution in [3.05, 3.63) is 87.1 Å². The van der Waals surface area contributed by atoms with Gasteiger partial charge in [-0.2, -0.15) is 0 Å². The summed E-state index contributed by atoms with van der Waals surface area (Å²) in [6, 6.07) is 17.3. The van der Waals surface area contributed by atoms with Gasteiger partial charge in [0.2, 0.25) is 5.91 Å². The number of amides is 2. The molecule has 0 spiro atoms. The van der Waals surface area contributed by atoms with E-state index in [0.717, 1.165) is 18.4 Å². The van der Waals surface area contributed by atoms with Gasteiger partial charge in [0.25, 0.3) is 5.91 Å². The summed E-state index contributed by atoms with van der Waals surface area (Å²) in [7, 11) is 1.60. The van der Waals surface area contributed by atoms with Gasteiger partial charge in [-0.05, 0) is 72.2 Å². The second-order valence-corrected chi connectivity index (χ2v) is 9.35. The van der Waals surface area contributed by atoms with Gasteiger partial charge in [0.15, 0.2) is 0 Å². The van der Waals surface area contributed by atoms with E-state index in [1.807, 2.05) is 24.0 Å². The number of nitrogens with zero attached hydrogens (tertiary/aromatic N) is 2. The molecule has 33 heavy (non-hydrogen) atoms. The van der Waals surface area contributed by atoms with Gasteiger partial charge in [-0.25, -0.2) is 0 Å². The van der Waals surface area contributed by atoms with Gasteiger partial charge in [0.1, 0.15) is 12.3 Å². The molecule has 1 aliphatic heterocycles. The molecule has 2 heterocycles. The monoisotopic (exact) mass is 462 g/mol. The molecule has 1 unspecified atom stereocenters. The molecule has 4 rings (SSSR count). The van der Waals surface area contributed by atoms with Crippen LogP contribution in [0.5, 0.6) is 5.75 Å². The molecule has 3 aromatic rings. The first-order chi connectivity index (χ1) is 16.0. The van der Waals surface area contributed by atoms with Crippen molar-refractivity contribution < 1.29 is 14.3 Å². The number of hydrogen-bond acceptors (Lipinski definition) is 4. The largest absolute Gasteiger partial charge is 0.497 e. The zero-order valence-electron chi connectivity index (χ0n) is 19.4. The lowest BCUT2D eigenvalue weighted by atomic mass is 9.90. The number of thiophene rings is 1. The summed E-state index contributed by atoms with van der Waals surface area (Å²) < 4.78 is 5.20. The summed E-state index contributed by atoms with van der Waals surface area (Å²) in [5, 5.41) is 2.11. The molecule has 0 aliphatic carbocycles. The van der Waals surface area contributed by atoms with Gasteiger partial charge in [0, 0.05) is 23.5 Å². The van der Waals surface area contributed by atoms with Crippen LogP contribution in [0.3, 0.4) is 0 Å². The van der Waals surface area contributed by atoms with Crippen LogP contribution < -0.4 is 4.74 Å². The van der Waals surface area contributed by atoms with Crippen molar-refractivity contribution in [2.24, 2.45) is 0 Å². The average Bonchev–Trinajstić information content (AvgIpc) is 3.32. The Labute approximate surface area is 199 Å². The van der Waals surface area contributed by atoms with Crippen molar-refractivity contribution in [3.63, 3.8) is 0 Å². The Morgan fingerprint density at radius 3 is 2.55 bits per heavy atom. The molecule has 0 fully saturated rings. The molecule has 6 heteroatoms. The molecule has 0 saturated carbocycles. The van der Waals surface area contributed by atoms with Crippen LogP contribution in [0.25, 0.3) is 0 Å². The molecule has 5 nitrogen and oxygen atoms in total. The third-order valence-electron chi connectivity index (χ3n) is 6.21. The lowest BCUT2D eigenvalue weighted by molar-refractivity contribution is -0.134. The fourth-order valence-electron chi connectivity index (χ4n) is 4.51. The maximum atomic E-state index is 13.7.